The zero-order chi connectivity index (χ0) is 15.9. The lowest BCUT2D eigenvalue weighted by Gasteiger charge is -1.99. The largest absolute Gasteiger partial charge is 0.261 e. The van der Waals surface area contributed by atoms with Gasteiger partial charge in [0.1, 0.15) is 11.4 Å². The maximum atomic E-state index is 4.68. The van der Waals surface area contributed by atoms with E-state index in [9.17, 15) is 0 Å². The molecule has 0 aliphatic rings. The van der Waals surface area contributed by atoms with Crippen LogP contribution in [0.15, 0.2) is 55.0 Å². The van der Waals surface area contributed by atoms with Gasteiger partial charge in [0.2, 0.25) is 10.8 Å². The van der Waals surface area contributed by atoms with Crippen molar-refractivity contribution in [1.29, 1.82) is 0 Å². The van der Waals surface area contributed by atoms with Gasteiger partial charge in [-0.05, 0) is 12.1 Å². The topological polar surface area (TPSA) is 81.8 Å². The molecular weight excluding hydrogens is 322 g/mol. The number of fused-ring (bicyclic) bond motifs is 2. The van der Waals surface area contributed by atoms with Crippen LogP contribution in [0.5, 0.6) is 0 Å². The summed E-state index contributed by atoms with van der Waals surface area (Å²) in [5.74, 6) is 0.571. The van der Waals surface area contributed by atoms with Crippen molar-refractivity contribution >= 4 is 27.2 Å². The van der Waals surface area contributed by atoms with E-state index in [0.29, 0.717) is 16.5 Å². The van der Waals surface area contributed by atoms with Crippen molar-refractivity contribution in [1.82, 2.24) is 34.8 Å². The summed E-state index contributed by atoms with van der Waals surface area (Å²) in [7, 11) is 0. The summed E-state index contributed by atoms with van der Waals surface area (Å²) in [4.78, 5) is 13.7. The molecule has 8 heteroatoms. The standard InChI is InChI=1S/C16H9N7S/c1-2-4-11-10(3-1)5-6-12(19-11)15-22-23-14(20-21-16(23)24-15)13-9-17-7-8-18-13/h1-9H. The summed E-state index contributed by atoms with van der Waals surface area (Å²) in [5, 5.41) is 14.8. The summed E-state index contributed by atoms with van der Waals surface area (Å²) in [6.07, 6.45) is 4.88. The maximum Gasteiger partial charge on any atom is 0.235 e. The van der Waals surface area contributed by atoms with Crippen LogP contribution in [-0.4, -0.2) is 34.8 Å². The second-order valence-electron chi connectivity index (χ2n) is 5.11. The van der Waals surface area contributed by atoms with E-state index >= 15 is 0 Å². The van der Waals surface area contributed by atoms with Crippen LogP contribution in [-0.2, 0) is 0 Å². The molecule has 0 N–H and O–H groups in total. The summed E-state index contributed by atoms with van der Waals surface area (Å²) in [6.45, 7) is 0. The highest BCUT2D eigenvalue weighted by Crippen LogP contribution is 2.27. The van der Waals surface area contributed by atoms with Crippen molar-refractivity contribution in [2.24, 2.45) is 0 Å². The maximum absolute atomic E-state index is 4.68. The minimum atomic E-state index is 0.571. The number of nitrogens with zero attached hydrogens (tertiary/aromatic N) is 7. The zero-order valence-electron chi connectivity index (χ0n) is 12.2. The van der Waals surface area contributed by atoms with Crippen molar-refractivity contribution in [3.05, 3.63) is 55.0 Å². The molecule has 0 spiro atoms. The van der Waals surface area contributed by atoms with Gasteiger partial charge in [0, 0.05) is 17.8 Å². The van der Waals surface area contributed by atoms with Crippen molar-refractivity contribution in [2.45, 2.75) is 0 Å². The minimum absolute atomic E-state index is 0.571. The van der Waals surface area contributed by atoms with Crippen LogP contribution < -0.4 is 0 Å². The van der Waals surface area contributed by atoms with Crippen molar-refractivity contribution in [3.8, 4) is 22.2 Å². The molecule has 0 amide bonds. The number of hydrogen-bond donors (Lipinski definition) is 0. The Morgan fingerprint density at radius 3 is 2.79 bits per heavy atom. The predicted molar refractivity (Wildman–Crippen MR) is 90.4 cm³/mol. The Kier molecular flexibility index (Phi) is 2.83. The third-order valence-electron chi connectivity index (χ3n) is 3.60. The Labute approximate surface area is 139 Å². The molecule has 4 aromatic heterocycles. The van der Waals surface area contributed by atoms with Crippen molar-refractivity contribution in [3.63, 3.8) is 0 Å². The van der Waals surface area contributed by atoms with Gasteiger partial charge in [0.15, 0.2) is 5.01 Å². The van der Waals surface area contributed by atoms with Crippen molar-refractivity contribution in [2.75, 3.05) is 0 Å². The molecule has 0 radical (unpaired) electrons. The fraction of sp³-hybridized carbons (Fsp3) is 0. The van der Waals surface area contributed by atoms with Gasteiger partial charge in [-0.25, -0.2) is 9.97 Å². The summed E-state index contributed by atoms with van der Waals surface area (Å²) in [6, 6.07) is 12.0. The van der Waals surface area contributed by atoms with Crippen LogP contribution in [0.25, 0.3) is 38.1 Å². The molecule has 0 fully saturated rings. The number of hydrogen-bond acceptors (Lipinski definition) is 7. The van der Waals surface area contributed by atoms with Crippen LogP contribution in [0, 0.1) is 0 Å². The number of pyridine rings is 1. The minimum Gasteiger partial charge on any atom is -0.261 e. The lowest BCUT2D eigenvalue weighted by Crippen LogP contribution is -1.94. The summed E-state index contributed by atoms with van der Waals surface area (Å²) in [5.41, 5.74) is 2.39. The average molecular weight is 331 g/mol. The van der Waals surface area contributed by atoms with E-state index in [1.54, 1.807) is 23.1 Å². The molecule has 4 heterocycles. The number of rotatable bonds is 2. The van der Waals surface area contributed by atoms with E-state index in [1.807, 2.05) is 36.4 Å². The first kappa shape index (κ1) is 13.2. The van der Waals surface area contributed by atoms with E-state index in [1.165, 1.54) is 11.3 Å². The number of benzene rings is 1. The Bertz CT molecular complexity index is 1160. The van der Waals surface area contributed by atoms with Crippen LogP contribution >= 0.6 is 11.3 Å². The molecule has 0 aliphatic heterocycles. The predicted octanol–water partition coefficient (Wildman–Crippen LogP) is 2.86. The molecule has 0 saturated carbocycles. The molecule has 0 bridgehead atoms. The molecule has 5 aromatic rings. The van der Waals surface area contributed by atoms with E-state index in [2.05, 4.69) is 30.2 Å². The highest BCUT2D eigenvalue weighted by Gasteiger charge is 2.16. The average Bonchev–Trinajstić information content (AvgIpc) is 3.23. The van der Waals surface area contributed by atoms with Gasteiger partial charge in [0.05, 0.1) is 11.7 Å². The molecule has 5 rings (SSSR count). The van der Waals surface area contributed by atoms with Crippen LogP contribution in [0.3, 0.4) is 0 Å². The number of aromatic nitrogens is 7. The normalized spacial score (nSPS) is 11.3. The Balaban J connectivity index is 1.66. The SMILES string of the molecule is c1ccc2nc(-c3nn4c(-c5cnccn5)nnc4s3)ccc2c1. The van der Waals surface area contributed by atoms with Gasteiger partial charge in [0.25, 0.3) is 0 Å². The van der Waals surface area contributed by atoms with Gasteiger partial charge in [-0.15, -0.1) is 10.2 Å². The third-order valence-corrected chi connectivity index (χ3v) is 4.52. The zero-order valence-corrected chi connectivity index (χ0v) is 13.1. The highest BCUT2D eigenvalue weighted by molar-refractivity contribution is 7.19. The fourth-order valence-electron chi connectivity index (χ4n) is 2.48. The van der Waals surface area contributed by atoms with E-state index in [-0.39, 0.29) is 0 Å². The highest BCUT2D eigenvalue weighted by atomic mass is 32.1. The van der Waals surface area contributed by atoms with Gasteiger partial charge in [-0.3, -0.25) is 4.98 Å². The fourth-order valence-corrected chi connectivity index (χ4v) is 3.29. The molecule has 0 aliphatic carbocycles. The third kappa shape index (κ3) is 2.04. The molecule has 0 unspecified atom stereocenters. The molecule has 0 atom stereocenters. The molecule has 1 aromatic carbocycles. The monoisotopic (exact) mass is 331 g/mol. The second kappa shape index (κ2) is 5.14. The van der Waals surface area contributed by atoms with Crippen LogP contribution in [0.4, 0.5) is 0 Å². The van der Waals surface area contributed by atoms with E-state index in [4.69, 9.17) is 0 Å². The van der Waals surface area contributed by atoms with Gasteiger partial charge >= 0.3 is 0 Å². The molecule has 24 heavy (non-hydrogen) atoms. The van der Waals surface area contributed by atoms with Gasteiger partial charge in [-0.1, -0.05) is 35.6 Å². The van der Waals surface area contributed by atoms with E-state index < -0.39 is 0 Å². The summed E-state index contributed by atoms with van der Waals surface area (Å²) < 4.78 is 1.68. The Hall–Kier alpha value is -3.26. The van der Waals surface area contributed by atoms with Gasteiger partial charge in [-0.2, -0.15) is 9.61 Å². The molecular formula is C16H9N7S. The Morgan fingerprint density at radius 1 is 0.917 bits per heavy atom. The first-order valence-electron chi connectivity index (χ1n) is 7.23. The second-order valence-corrected chi connectivity index (χ2v) is 6.06. The number of para-hydroxylation sites is 1. The lowest BCUT2D eigenvalue weighted by atomic mass is 10.2. The lowest BCUT2D eigenvalue weighted by molar-refractivity contribution is 0.955. The van der Waals surface area contributed by atoms with E-state index in [0.717, 1.165) is 21.6 Å². The first-order chi connectivity index (χ1) is 11.9. The first-order valence-corrected chi connectivity index (χ1v) is 8.05. The molecule has 0 saturated heterocycles. The smallest absolute Gasteiger partial charge is 0.235 e. The Morgan fingerprint density at radius 2 is 1.88 bits per heavy atom. The van der Waals surface area contributed by atoms with Gasteiger partial charge < -0.3 is 0 Å². The van der Waals surface area contributed by atoms with Crippen LogP contribution in [0.2, 0.25) is 0 Å². The van der Waals surface area contributed by atoms with Crippen LogP contribution in [0.1, 0.15) is 0 Å². The van der Waals surface area contributed by atoms with Crippen molar-refractivity contribution < 1.29 is 0 Å². The quantitative estimate of drug-likeness (QED) is 0.495. The summed E-state index contributed by atoms with van der Waals surface area (Å²) >= 11 is 1.44. The molecule has 114 valence electrons. The molecule has 7 nitrogen and oxygen atoms in total.